The summed E-state index contributed by atoms with van der Waals surface area (Å²) in [7, 11) is 7.21. The summed E-state index contributed by atoms with van der Waals surface area (Å²) in [4.78, 5) is 24.7. The molecule has 0 aliphatic carbocycles. The van der Waals surface area contributed by atoms with E-state index in [1.165, 1.54) is 4.57 Å². The van der Waals surface area contributed by atoms with E-state index in [2.05, 4.69) is 0 Å². The van der Waals surface area contributed by atoms with Crippen LogP contribution in [0.4, 0.5) is 5.69 Å². The highest BCUT2D eigenvalue weighted by Crippen LogP contribution is 2.42. The summed E-state index contributed by atoms with van der Waals surface area (Å²) in [6.45, 7) is 4.57. The van der Waals surface area contributed by atoms with Crippen LogP contribution < -0.4 is 20.4 Å². The monoisotopic (exact) mass is 790 g/mol. The largest absolute Gasteiger partial charge is 0.497 e. The van der Waals surface area contributed by atoms with E-state index in [-0.39, 0.29) is 24.1 Å². The molecular formula is C49H50N4O6. The molecule has 0 amide bonds. The number of ether oxygens (including phenoxy) is 3. The number of benzene rings is 6. The number of hydrogen-bond donors (Lipinski definition) is 2. The number of amidine groups is 1. The maximum absolute atomic E-state index is 13.2. The fraction of sp³-hybridized carbons (Fsp3) is 0.245. The van der Waals surface area contributed by atoms with Crippen molar-refractivity contribution in [2.45, 2.75) is 44.6 Å². The molecule has 1 aliphatic rings. The van der Waals surface area contributed by atoms with E-state index in [4.69, 9.17) is 24.2 Å². The van der Waals surface area contributed by atoms with Crippen molar-refractivity contribution in [3.63, 3.8) is 0 Å². The first kappa shape index (κ1) is 40.9. The zero-order valence-electron chi connectivity index (χ0n) is 34.3. The lowest BCUT2D eigenvalue weighted by Crippen LogP contribution is -2.35. The number of rotatable bonds is 13. The van der Waals surface area contributed by atoms with Crippen LogP contribution in [0.1, 0.15) is 42.5 Å². The van der Waals surface area contributed by atoms with Crippen molar-refractivity contribution in [1.82, 2.24) is 9.47 Å². The van der Waals surface area contributed by atoms with Gasteiger partial charge in [0.2, 0.25) is 5.88 Å². The highest BCUT2D eigenvalue weighted by atomic mass is 16.5. The summed E-state index contributed by atoms with van der Waals surface area (Å²) in [5, 5.41) is 24.8. The Morgan fingerprint density at radius 1 is 0.729 bits per heavy atom. The van der Waals surface area contributed by atoms with Gasteiger partial charge >= 0.3 is 0 Å². The molecular weight excluding hydrogens is 741 g/mol. The molecule has 2 atom stereocenters. The Kier molecular flexibility index (Phi) is 12.2. The summed E-state index contributed by atoms with van der Waals surface area (Å²) < 4.78 is 18.7. The van der Waals surface area contributed by atoms with Crippen LogP contribution in [0.15, 0.2) is 148 Å². The Labute approximate surface area is 344 Å². The summed E-state index contributed by atoms with van der Waals surface area (Å²) in [5.41, 5.74) is 3.46. The number of methoxy groups -OCH3 is 2. The molecule has 0 fully saturated rings. The fourth-order valence-electron chi connectivity index (χ4n) is 7.37. The summed E-state index contributed by atoms with van der Waals surface area (Å²) in [5.74, 6) is 2.17. The van der Waals surface area contributed by atoms with Gasteiger partial charge in [-0.3, -0.25) is 9.36 Å². The number of hydrogen-bond acceptors (Lipinski definition) is 9. The topological polar surface area (TPSA) is 118 Å². The first-order chi connectivity index (χ1) is 28.6. The minimum atomic E-state index is -0.879. The van der Waals surface area contributed by atoms with Crippen molar-refractivity contribution in [3.8, 4) is 17.4 Å². The van der Waals surface area contributed by atoms with Crippen LogP contribution in [0.3, 0.4) is 0 Å². The number of pyridine rings is 1. The molecule has 7 aromatic rings. The summed E-state index contributed by atoms with van der Waals surface area (Å²) >= 11 is 0. The van der Waals surface area contributed by atoms with Gasteiger partial charge in [-0.1, -0.05) is 104 Å². The van der Waals surface area contributed by atoms with Gasteiger partial charge in [-0.05, 0) is 80.5 Å². The summed E-state index contributed by atoms with van der Waals surface area (Å²) in [6, 6.07) is 43.2. The van der Waals surface area contributed by atoms with Gasteiger partial charge in [0, 0.05) is 39.7 Å². The highest BCUT2D eigenvalue weighted by molar-refractivity contribution is 6.14. The molecule has 0 radical (unpaired) electrons. The molecule has 1 aliphatic heterocycles. The molecule has 10 nitrogen and oxygen atoms in total. The minimum Gasteiger partial charge on any atom is -0.497 e. The van der Waals surface area contributed by atoms with E-state index < -0.39 is 11.7 Å². The minimum absolute atomic E-state index is 0.0245. The Morgan fingerprint density at radius 2 is 1.29 bits per heavy atom. The van der Waals surface area contributed by atoms with Crippen molar-refractivity contribution >= 4 is 33.1 Å². The van der Waals surface area contributed by atoms with E-state index in [9.17, 15) is 15.0 Å². The number of aliphatic imine (C=N–C) groups is 1. The molecule has 59 heavy (non-hydrogen) atoms. The third kappa shape index (κ3) is 8.07. The van der Waals surface area contributed by atoms with Crippen LogP contribution in [-0.4, -0.2) is 72.6 Å². The highest BCUT2D eigenvalue weighted by Gasteiger charge is 2.38. The quantitative estimate of drug-likeness (QED) is 0.114. The van der Waals surface area contributed by atoms with Gasteiger partial charge in [0.15, 0.2) is 5.84 Å². The predicted octanol–water partition coefficient (Wildman–Crippen LogP) is 8.02. The maximum Gasteiger partial charge on any atom is 0.261 e. The Bertz CT molecular complexity index is 2630. The van der Waals surface area contributed by atoms with E-state index in [0.29, 0.717) is 35.3 Å². The van der Waals surface area contributed by atoms with Gasteiger partial charge < -0.3 is 29.3 Å². The van der Waals surface area contributed by atoms with Crippen LogP contribution in [0, 0.1) is 0 Å². The number of aromatic nitrogens is 1. The normalized spacial score (nSPS) is 13.3. The molecule has 1 aromatic heterocycles. The lowest BCUT2D eigenvalue weighted by molar-refractivity contribution is -0.0387. The van der Waals surface area contributed by atoms with E-state index in [1.54, 1.807) is 14.2 Å². The zero-order chi connectivity index (χ0) is 41.7. The fourth-order valence-corrected chi connectivity index (χ4v) is 7.37. The van der Waals surface area contributed by atoms with E-state index >= 15 is 0 Å². The van der Waals surface area contributed by atoms with E-state index in [1.807, 2.05) is 166 Å². The number of fused-ring (bicyclic) bond motifs is 2. The van der Waals surface area contributed by atoms with Crippen molar-refractivity contribution in [2.24, 2.45) is 9.98 Å². The third-order valence-corrected chi connectivity index (χ3v) is 11.0. The Balaban J connectivity index is 0.000000179. The average molecular weight is 791 g/mol. The van der Waals surface area contributed by atoms with E-state index in [0.717, 1.165) is 49.9 Å². The van der Waals surface area contributed by atoms with Crippen LogP contribution in [0.25, 0.3) is 21.5 Å². The molecule has 0 saturated heterocycles. The second-order valence-corrected chi connectivity index (χ2v) is 14.9. The second kappa shape index (κ2) is 17.7. The van der Waals surface area contributed by atoms with Gasteiger partial charge in [-0.25, -0.2) is 9.98 Å². The van der Waals surface area contributed by atoms with Gasteiger partial charge in [-0.2, -0.15) is 0 Å². The second-order valence-electron chi connectivity index (χ2n) is 14.9. The molecule has 0 spiro atoms. The zero-order valence-corrected chi connectivity index (χ0v) is 34.3. The number of likely N-dealkylation sites (N-methyl/N-ethyl adjacent to an activating group) is 1. The SMILES string of the molecule is CC(Cn1c(O)c2cc3c(c4cccc(c1=O)c24)=NC(c1ccccc1)=N3)N(C)C.CC[C@H](O)COC(c1ccccc1)(c1ccc(OC)cc1)c1ccc(OC)cc1. The van der Waals surface area contributed by atoms with Crippen LogP contribution in [-0.2, 0) is 16.9 Å². The number of aromatic hydroxyl groups is 1. The van der Waals surface area contributed by atoms with Gasteiger partial charge in [0.25, 0.3) is 5.56 Å². The predicted molar refractivity (Wildman–Crippen MR) is 234 cm³/mol. The molecule has 302 valence electrons. The van der Waals surface area contributed by atoms with Gasteiger partial charge in [-0.15, -0.1) is 0 Å². The first-order valence-corrected chi connectivity index (χ1v) is 19.8. The van der Waals surface area contributed by atoms with Gasteiger partial charge in [0.1, 0.15) is 17.1 Å². The molecule has 8 rings (SSSR count). The number of aliphatic hydroxyl groups is 1. The molecule has 6 aromatic carbocycles. The maximum atomic E-state index is 13.2. The van der Waals surface area contributed by atoms with Crippen molar-refractivity contribution in [3.05, 3.63) is 171 Å². The third-order valence-electron chi connectivity index (χ3n) is 11.0. The van der Waals surface area contributed by atoms with Crippen LogP contribution >= 0.6 is 0 Å². The van der Waals surface area contributed by atoms with Crippen molar-refractivity contribution in [2.75, 3.05) is 34.9 Å². The molecule has 2 N–H and O–H groups in total. The Hall–Kier alpha value is -6.33. The first-order valence-electron chi connectivity index (χ1n) is 19.8. The van der Waals surface area contributed by atoms with Crippen LogP contribution in [0.5, 0.6) is 17.4 Å². The van der Waals surface area contributed by atoms with Gasteiger partial charge in [0.05, 0.1) is 38.0 Å². The average Bonchev–Trinajstić information content (AvgIpc) is 3.73. The smallest absolute Gasteiger partial charge is 0.261 e. The summed E-state index contributed by atoms with van der Waals surface area (Å²) in [6.07, 6.45) is 0.0744. The van der Waals surface area contributed by atoms with Crippen molar-refractivity contribution in [1.29, 1.82) is 0 Å². The standard InChI is InChI=1S/C25H28O4.C24H22N4O2/c1-4-22(26)18-29-25(19-8-6-5-7-9-19,20-10-14-23(27-2)15-11-20)21-12-16-24(28-3)17-13-21;1-14(27(2)3)13-28-23(29)17-11-7-10-16-20(17)18(24(28)30)12-19-21(16)26-22(25-19)15-8-5-4-6-9-15/h5-17,22,26H,4,18H2,1-3H3;4-12,14,30H,13H2,1-3H3/t22-;/m0./s1. The number of aliphatic hydroxyl groups excluding tert-OH is 1. The lowest BCUT2D eigenvalue weighted by Gasteiger charge is -2.36. The molecule has 0 bridgehead atoms. The molecule has 2 heterocycles. The molecule has 10 heteroatoms. The Morgan fingerprint density at radius 3 is 1.85 bits per heavy atom. The number of nitrogens with zero attached hydrogens (tertiary/aromatic N) is 4. The molecule has 0 saturated carbocycles. The lowest BCUT2D eigenvalue weighted by atomic mass is 9.80. The molecule has 1 unspecified atom stereocenters. The van der Waals surface area contributed by atoms with Crippen molar-refractivity contribution < 1.29 is 24.4 Å². The van der Waals surface area contributed by atoms with Crippen LogP contribution in [0.2, 0.25) is 0 Å².